The van der Waals surface area contributed by atoms with Gasteiger partial charge in [0.2, 0.25) is 5.95 Å². The molecule has 0 bridgehead atoms. The number of carbonyl (C=O) groups is 1. The minimum absolute atomic E-state index is 0.0136. The van der Waals surface area contributed by atoms with Crippen molar-refractivity contribution in [3.8, 4) is 17.0 Å². The number of rotatable bonds is 5. The quantitative estimate of drug-likeness (QED) is 0.641. The first-order valence-corrected chi connectivity index (χ1v) is 11.7. The molecule has 8 heteroatoms. The molecule has 4 heterocycles. The summed E-state index contributed by atoms with van der Waals surface area (Å²) in [6.45, 7) is 5.34. The Kier molecular flexibility index (Phi) is 5.98. The minimum Gasteiger partial charge on any atom is -0.496 e. The van der Waals surface area contributed by atoms with Gasteiger partial charge in [0, 0.05) is 49.6 Å². The molecule has 1 N–H and O–H groups in total. The van der Waals surface area contributed by atoms with Crippen LogP contribution >= 0.6 is 0 Å². The molecule has 0 spiro atoms. The van der Waals surface area contributed by atoms with Crippen molar-refractivity contribution >= 4 is 11.9 Å². The van der Waals surface area contributed by atoms with Gasteiger partial charge >= 0.3 is 0 Å². The first kappa shape index (κ1) is 21.4. The third kappa shape index (κ3) is 4.17. The zero-order chi connectivity index (χ0) is 22.8. The number of carbonyl (C=O) groups excluding carboxylic acids is 1. The molecule has 3 aromatic rings. The number of ether oxygens (including phenoxy) is 1. The highest BCUT2D eigenvalue weighted by molar-refractivity contribution is 5.97. The Morgan fingerprint density at radius 2 is 2.00 bits per heavy atom. The number of nitrogens with one attached hydrogen (secondary N) is 1. The highest BCUT2D eigenvalue weighted by Gasteiger charge is 2.30. The van der Waals surface area contributed by atoms with Crippen LogP contribution in [0.5, 0.6) is 5.75 Å². The molecule has 2 saturated heterocycles. The number of hydrogen-bond donors (Lipinski definition) is 1. The van der Waals surface area contributed by atoms with Gasteiger partial charge < -0.3 is 14.5 Å². The molecule has 0 aliphatic carbocycles. The number of hydrogen-bond acceptors (Lipinski definition) is 6. The molecule has 2 aliphatic rings. The van der Waals surface area contributed by atoms with Crippen molar-refractivity contribution < 1.29 is 9.53 Å². The van der Waals surface area contributed by atoms with E-state index in [1.807, 2.05) is 48.5 Å². The number of piperidine rings is 1. The van der Waals surface area contributed by atoms with E-state index in [-0.39, 0.29) is 11.8 Å². The highest BCUT2D eigenvalue weighted by Crippen LogP contribution is 2.34. The Morgan fingerprint density at radius 1 is 1.15 bits per heavy atom. The summed E-state index contributed by atoms with van der Waals surface area (Å²) in [6.07, 6.45) is 7.97. The Morgan fingerprint density at radius 3 is 2.82 bits per heavy atom. The van der Waals surface area contributed by atoms with Gasteiger partial charge in [-0.15, -0.1) is 0 Å². The van der Waals surface area contributed by atoms with Crippen LogP contribution in [0.15, 0.2) is 36.7 Å². The predicted octanol–water partition coefficient (Wildman–Crippen LogP) is 3.80. The first-order chi connectivity index (χ1) is 16.2. The van der Waals surface area contributed by atoms with Crippen molar-refractivity contribution in [2.45, 2.75) is 38.5 Å². The number of aryl methyl sites for hydroxylation is 1. The summed E-state index contributed by atoms with van der Waals surface area (Å²) in [5.74, 6) is 1.62. The second-order valence-electron chi connectivity index (χ2n) is 8.88. The van der Waals surface area contributed by atoms with Crippen LogP contribution in [0.3, 0.4) is 0 Å². The van der Waals surface area contributed by atoms with E-state index < -0.39 is 0 Å². The fourth-order valence-corrected chi connectivity index (χ4v) is 5.04. The number of aromatic amines is 1. The molecule has 2 fully saturated rings. The van der Waals surface area contributed by atoms with Gasteiger partial charge in [-0.25, -0.2) is 9.97 Å². The zero-order valence-electron chi connectivity index (χ0n) is 19.3. The van der Waals surface area contributed by atoms with E-state index in [4.69, 9.17) is 9.72 Å². The third-order valence-corrected chi connectivity index (χ3v) is 6.74. The van der Waals surface area contributed by atoms with Crippen molar-refractivity contribution in [3.05, 3.63) is 53.5 Å². The Bertz CT molecular complexity index is 1140. The molecule has 1 unspecified atom stereocenters. The fourth-order valence-electron chi connectivity index (χ4n) is 5.04. The molecular formula is C25H30N6O2. The van der Waals surface area contributed by atoms with Gasteiger partial charge in [0.05, 0.1) is 24.6 Å². The molecule has 8 nitrogen and oxygen atoms in total. The van der Waals surface area contributed by atoms with Crippen molar-refractivity contribution in [1.82, 2.24) is 25.1 Å². The molecule has 172 valence electrons. The molecule has 33 heavy (non-hydrogen) atoms. The first-order valence-electron chi connectivity index (χ1n) is 11.7. The average Bonchev–Trinajstić information content (AvgIpc) is 3.56. The van der Waals surface area contributed by atoms with Crippen LogP contribution < -0.4 is 9.64 Å². The monoisotopic (exact) mass is 446 g/mol. The van der Waals surface area contributed by atoms with E-state index >= 15 is 0 Å². The van der Waals surface area contributed by atoms with Gasteiger partial charge in [0.1, 0.15) is 5.75 Å². The summed E-state index contributed by atoms with van der Waals surface area (Å²) in [7, 11) is 1.62. The summed E-state index contributed by atoms with van der Waals surface area (Å²) in [4.78, 5) is 26.9. The number of methoxy groups -OCH3 is 1. The Balaban J connectivity index is 1.39. The number of nitrogens with zero attached hydrogens (tertiary/aromatic N) is 5. The van der Waals surface area contributed by atoms with E-state index in [9.17, 15) is 4.79 Å². The van der Waals surface area contributed by atoms with Crippen molar-refractivity contribution in [3.63, 3.8) is 0 Å². The largest absolute Gasteiger partial charge is 0.496 e. The van der Waals surface area contributed by atoms with Gasteiger partial charge in [-0.3, -0.25) is 9.89 Å². The lowest BCUT2D eigenvalue weighted by atomic mass is 9.91. The van der Waals surface area contributed by atoms with Crippen LogP contribution in [0.1, 0.15) is 53.2 Å². The van der Waals surface area contributed by atoms with Crippen LogP contribution in [-0.4, -0.2) is 64.3 Å². The topological polar surface area (TPSA) is 87.2 Å². The second-order valence-corrected chi connectivity index (χ2v) is 8.88. The number of likely N-dealkylation sites (tertiary alicyclic amines) is 1. The molecule has 0 saturated carbocycles. The lowest BCUT2D eigenvalue weighted by Gasteiger charge is -2.33. The normalized spacial score (nSPS) is 18.5. The molecule has 1 amide bonds. The Hall–Kier alpha value is -3.42. The van der Waals surface area contributed by atoms with E-state index in [1.54, 1.807) is 7.11 Å². The summed E-state index contributed by atoms with van der Waals surface area (Å²) in [6, 6.07) is 7.66. The molecule has 0 radical (unpaired) electrons. The smallest absolute Gasteiger partial charge is 0.257 e. The lowest BCUT2D eigenvalue weighted by Crippen LogP contribution is -2.39. The summed E-state index contributed by atoms with van der Waals surface area (Å²) < 4.78 is 5.54. The predicted molar refractivity (Wildman–Crippen MR) is 127 cm³/mol. The number of aromatic nitrogens is 4. The second kappa shape index (κ2) is 9.21. The number of H-pyrrole nitrogens is 1. The van der Waals surface area contributed by atoms with Gasteiger partial charge in [-0.1, -0.05) is 12.1 Å². The zero-order valence-corrected chi connectivity index (χ0v) is 19.3. The number of amides is 1. The number of anilines is 1. The van der Waals surface area contributed by atoms with E-state index in [0.29, 0.717) is 17.9 Å². The number of para-hydroxylation sites is 1. The molecule has 2 aliphatic heterocycles. The van der Waals surface area contributed by atoms with Crippen LogP contribution in [0, 0.1) is 6.92 Å². The number of benzene rings is 1. The van der Waals surface area contributed by atoms with Gasteiger partial charge in [-0.2, -0.15) is 5.10 Å². The maximum atomic E-state index is 13.4. The molecule has 1 atom stereocenters. The van der Waals surface area contributed by atoms with E-state index in [2.05, 4.69) is 20.1 Å². The van der Waals surface area contributed by atoms with Crippen LogP contribution in [0.4, 0.5) is 5.95 Å². The van der Waals surface area contributed by atoms with Crippen LogP contribution in [-0.2, 0) is 0 Å². The summed E-state index contributed by atoms with van der Waals surface area (Å²) in [5.41, 5.74) is 4.49. The molecule has 5 rings (SSSR count). The van der Waals surface area contributed by atoms with Crippen LogP contribution in [0.2, 0.25) is 0 Å². The molecule has 1 aromatic carbocycles. The fraction of sp³-hybridized carbons (Fsp3) is 0.440. The van der Waals surface area contributed by atoms with E-state index in [0.717, 1.165) is 60.9 Å². The van der Waals surface area contributed by atoms with Gasteiger partial charge in [-0.05, 0) is 50.3 Å². The SMILES string of the molecule is COc1c(C)cccc1C(=O)N1CCCC(c2[nH]ncc2-c2ccnc(N3CCCC3)n2)C1. The summed E-state index contributed by atoms with van der Waals surface area (Å²) in [5, 5.41) is 7.55. The summed E-state index contributed by atoms with van der Waals surface area (Å²) >= 11 is 0. The van der Waals surface area contributed by atoms with Crippen molar-refractivity contribution in [1.29, 1.82) is 0 Å². The maximum Gasteiger partial charge on any atom is 0.257 e. The van der Waals surface area contributed by atoms with Crippen molar-refractivity contribution in [2.75, 3.05) is 38.2 Å². The highest BCUT2D eigenvalue weighted by atomic mass is 16.5. The van der Waals surface area contributed by atoms with E-state index in [1.165, 1.54) is 12.8 Å². The maximum absolute atomic E-state index is 13.4. The van der Waals surface area contributed by atoms with Gasteiger partial charge in [0.15, 0.2) is 0 Å². The molecule has 2 aromatic heterocycles. The third-order valence-electron chi connectivity index (χ3n) is 6.74. The van der Waals surface area contributed by atoms with Gasteiger partial charge in [0.25, 0.3) is 5.91 Å². The standard InChI is InChI=1S/C25H30N6O2/c1-17-7-5-9-19(23(17)33-2)24(32)31-14-6-8-18(16-31)22-20(15-27-29-22)21-10-11-26-25(28-21)30-12-3-4-13-30/h5,7,9-11,15,18H,3-4,6,8,12-14,16H2,1-2H3,(H,27,29). The Labute approximate surface area is 194 Å². The van der Waals surface area contributed by atoms with Crippen LogP contribution in [0.25, 0.3) is 11.3 Å². The minimum atomic E-state index is 0.0136. The average molecular weight is 447 g/mol. The molecular weight excluding hydrogens is 416 g/mol. The lowest BCUT2D eigenvalue weighted by molar-refractivity contribution is 0.0702. The van der Waals surface area contributed by atoms with Crippen molar-refractivity contribution in [2.24, 2.45) is 0 Å².